The van der Waals surface area contributed by atoms with Crippen LogP contribution in [0.3, 0.4) is 0 Å². The van der Waals surface area contributed by atoms with Gasteiger partial charge in [0.25, 0.3) is 0 Å². The Bertz CT molecular complexity index is 1010. The molecule has 122 valence electrons. The molecule has 0 fully saturated rings. The Labute approximate surface area is 143 Å². The summed E-state index contributed by atoms with van der Waals surface area (Å²) in [5, 5.41) is 21.0. The summed E-state index contributed by atoms with van der Waals surface area (Å²) in [6.45, 7) is 0.993. The lowest BCUT2D eigenvalue weighted by atomic mass is 9.76. The summed E-state index contributed by atoms with van der Waals surface area (Å²) in [4.78, 5) is 6.83. The monoisotopic (exact) mass is 339 g/mol. The van der Waals surface area contributed by atoms with E-state index in [4.69, 9.17) is 5.73 Å². The molecule has 1 aliphatic heterocycles. The number of nitrogens with zero attached hydrogens (tertiary/aromatic N) is 2. The molecule has 2 heterocycles. The van der Waals surface area contributed by atoms with Crippen molar-refractivity contribution >= 4 is 26.7 Å². The van der Waals surface area contributed by atoms with Gasteiger partial charge in [-0.05, 0) is 54.3 Å². The van der Waals surface area contributed by atoms with Gasteiger partial charge in [0.2, 0.25) is 0 Å². The fraction of sp³-hybridized carbons (Fsp3) is 0.278. The summed E-state index contributed by atoms with van der Waals surface area (Å²) in [6.07, 6.45) is 1.78. The van der Waals surface area contributed by atoms with Crippen molar-refractivity contribution in [3.05, 3.63) is 34.9 Å². The second-order valence-electron chi connectivity index (χ2n) is 6.63. The smallest absolute Gasteiger partial charge is 0.181 e. The quantitative estimate of drug-likeness (QED) is 0.548. The molecule has 5 rings (SSSR count). The predicted octanol–water partition coefficient (Wildman–Crippen LogP) is 3.04. The zero-order valence-electron chi connectivity index (χ0n) is 13.2. The second-order valence-corrected chi connectivity index (χ2v) is 7.67. The van der Waals surface area contributed by atoms with Gasteiger partial charge in [-0.15, -0.1) is 0 Å². The molecule has 0 spiro atoms. The van der Waals surface area contributed by atoms with Crippen LogP contribution >= 0.6 is 11.3 Å². The molecular formula is C18H17N3O2S. The molecule has 4 N–H and O–H groups in total. The molecule has 1 aromatic heterocycles. The van der Waals surface area contributed by atoms with Gasteiger partial charge in [-0.25, -0.2) is 4.98 Å². The van der Waals surface area contributed by atoms with Crippen molar-refractivity contribution < 1.29 is 10.2 Å². The van der Waals surface area contributed by atoms with Gasteiger partial charge in [-0.1, -0.05) is 17.4 Å². The summed E-state index contributed by atoms with van der Waals surface area (Å²) in [5.74, 6) is -0.119. The standard InChI is InChI=1S/C18H17N3O2S/c1-21-5-4-9-15-10(7-11-17(9)24-18(19)20-11)14-8(6-12(15)21)2-3-13(22)16(14)23/h2-3,7,12,22-23H,4-6H2,1H3,(H2,19,20)/t12-/m1/s1. The number of thiazole rings is 1. The molecule has 1 aliphatic carbocycles. The van der Waals surface area contributed by atoms with E-state index >= 15 is 0 Å². The predicted molar refractivity (Wildman–Crippen MR) is 95.6 cm³/mol. The van der Waals surface area contributed by atoms with E-state index in [1.807, 2.05) is 12.1 Å². The molecule has 0 radical (unpaired) electrons. The zero-order chi connectivity index (χ0) is 16.6. The maximum atomic E-state index is 10.5. The number of nitrogen functional groups attached to an aromatic ring is 1. The average Bonchev–Trinajstić information content (AvgIpc) is 2.93. The Kier molecular flexibility index (Phi) is 2.71. The fourth-order valence-electron chi connectivity index (χ4n) is 4.22. The van der Waals surface area contributed by atoms with E-state index in [2.05, 4.69) is 16.9 Å². The van der Waals surface area contributed by atoms with E-state index in [1.165, 1.54) is 22.5 Å². The number of aromatic hydroxyl groups is 2. The van der Waals surface area contributed by atoms with E-state index in [0.29, 0.717) is 5.13 Å². The van der Waals surface area contributed by atoms with Crippen LogP contribution in [-0.4, -0.2) is 33.7 Å². The molecule has 0 unspecified atom stereocenters. The Morgan fingerprint density at radius 3 is 3.00 bits per heavy atom. The number of nitrogens with two attached hydrogens (primary N) is 1. The van der Waals surface area contributed by atoms with Crippen LogP contribution in [0.4, 0.5) is 5.13 Å². The molecule has 0 bridgehead atoms. The summed E-state index contributed by atoms with van der Waals surface area (Å²) >= 11 is 1.54. The summed E-state index contributed by atoms with van der Waals surface area (Å²) in [5.41, 5.74) is 12.2. The highest BCUT2D eigenvalue weighted by Crippen LogP contribution is 2.52. The van der Waals surface area contributed by atoms with Gasteiger partial charge in [-0.3, -0.25) is 4.90 Å². The van der Waals surface area contributed by atoms with Crippen LogP contribution in [0, 0.1) is 0 Å². The number of rotatable bonds is 0. The molecule has 0 saturated carbocycles. The lowest BCUT2D eigenvalue weighted by Gasteiger charge is -2.40. The van der Waals surface area contributed by atoms with Crippen LogP contribution < -0.4 is 5.73 Å². The van der Waals surface area contributed by atoms with Crippen LogP contribution in [0.2, 0.25) is 0 Å². The number of aromatic nitrogens is 1. The van der Waals surface area contributed by atoms with Crippen LogP contribution in [0.1, 0.15) is 22.7 Å². The van der Waals surface area contributed by atoms with E-state index < -0.39 is 0 Å². The lowest BCUT2D eigenvalue weighted by Crippen LogP contribution is -2.35. The third-order valence-electron chi connectivity index (χ3n) is 5.35. The number of hydrogen-bond acceptors (Lipinski definition) is 6. The normalized spacial score (nSPS) is 19.3. The number of hydrogen-bond donors (Lipinski definition) is 3. The maximum absolute atomic E-state index is 10.5. The SMILES string of the molecule is CN1CCc2c3c(cc4nc(N)sc24)-c2c(ccc(O)c2O)C[C@H]31. The molecule has 2 aromatic carbocycles. The first-order valence-electron chi connectivity index (χ1n) is 8.01. The van der Waals surface area contributed by atoms with E-state index in [0.717, 1.165) is 46.3 Å². The lowest BCUT2D eigenvalue weighted by molar-refractivity contribution is 0.228. The minimum Gasteiger partial charge on any atom is -0.504 e. The van der Waals surface area contributed by atoms with Crippen molar-refractivity contribution in [2.75, 3.05) is 19.3 Å². The fourth-order valence-corrected chi connectivity index (χ4v) is 5.12. The highest BCUT2D eigenvalue weighted by atomic mass is 32.1. The summed E-state index contributed by atoms with van der Waals surface area (Å²) < 4.78 is 1.16. The van der Waals surface area contributed by atoms with E-state index in [-0.39, 0.29) is 17.5 Å². The molecule has 3 aromatic rings. The molecule has 1 atom stereocenters. The molecule has 0 amide bonds. The van der Waals surface area contributed by atoms with Gasteiger partial charge in [0, 0.05) is 18.2 Å². The molecule has 6 heteroatoms. The van der Waals surface area contributed by atoms with Crippen molar-refractivity contribution in [2.45, 2.75) is 18.9 Å². The van der Waals surface area contributed by atoms with Crippen LogP contribution in [-0.2, 0) is 12.8 Å². The van der Waals surface area contributed by atoms with Crippen molar-refractivity contribution in [1.82, 2.24) is 9.88 Å². The van der Waals surface area contributed by atoms with Gasteiger partial charge < -0.3 is 15.9 Å². The van der Waals surface area contributed by atoms with Gasteiger partial charge >= 0.3 is 0 Å². The summed E-state index contributed by atoms with van der Waals surface area (Å²) in [7, 11) is 2.15. The van der Waals surface area contributed by atoms with Crippen molar-refractivity contribution in [3.63, 3.8) is 0 Å². The minimum absolute atomic E-state index is 0.0380. The largest absolute Gasteiger partial charge is 0.504 e. The maximum Gasteiger partial charge on any atom is 0.181 e. The average molecular weight is 339 g/mol. The third kappa shape index (κ3) is 1.70. The highest BCUT2D eigenvalue weighted by Gasteiger charge is 2.36. The zero-order valence-corrected chi connectivity index (χ0v) is 14.0. The number of phenolic OH excluding ortho intramolecular Hbond substituents is 2. The molecular weight excluding hydrogens is 322 g/mol. The van der Waals surface area contributed by atoms with E-state index in [9.17, 15) is 10.2 Å². The van der Waals surface area contributed by atoms with Crippen molar-refractivity contribution in [3.8, 4) is 22.6 Å². The van der Waals surface area contributed by atoms with Gasteiger partial charge in [-0.2, -0.15) is 0 Å². The minimum atomic E-state index is -0.0806. The molecule has 5 nitrogen and oxygen atoms in total. The van der Waals surface area contributed by atoms with Gasteiger partial charge in [0.1, 0.15) is 0 Å². The number of benzene rings is 2. The topological polar surface area (TPSA) is 82.6 Å². The van der Waals surface area contributed by atoms with Crippen molar-refractivity contribution in [2.24, 2.45) is 0 Å². The second kappa shape index (κ2) is 4.62. The van der Waals surface area contributed by atoms with Crippen LogP contribution in [0.25, 0.3) is 21.3 Å². The van der Waals surface area contributed by atoms with Crippen LogP contribution in [0.5, 0.6) is 11.5 Å². The highest BCUT2D eigenvalue weighted by molar-refractivity contribution is 7.22. The van der Waals surface area contributed by atoms with Gasteiger partial charge in [0.05, 0.1) is 10.2 Å². The third-order valence-corrected chi connectivity index (χ3v) is 6.31. The first-order valence-corrected chi connectivity index (χ1v) is 8.82. The molecule has 0 saturated heterocycles. The summed E-state index contributed by atoms with van der Waals surface area (Å²) in [6, 6.07) is 5.79. The Morgan fingerprint density at radius 1 is 1.33 bits per heavy atom. The van der Waals surface area contributed by atoms with Crippen LogP contribution in [0.15, 0.2) is 18.2 Å². The van der Waals surface area contributed by atoms with Gasteiger partial charge in [0.15, 0.2) is 16.6 Å². The van der Waals surface area contributed by atoms with E-state index in [1.54, 1.807) is 6.07 Å². The first-order chi connectivity index (χ1) is 11.5. The molecule has 24 heavy (non-hydrogen) atoms. The number of likely N-dealkylation sites (N-methyl/N-ethyl adjacent to an activating group) is 1. The first kappa shape index (κ1) is 14.1. The number of fused-ring (bicyclic) bond motifs is 4. The number of phenols is 2. The van der Waals surface area contributed by atoms with Crippen molar-refractivity contribution in [1.29, 1.82) is 0 Å². The number of anilines is 1. The molecule has 2 aliphatic rings. The Morgan fingerprint density at radius 2 is 2.17 bits per heavy atom. The Hall–Kier alpha value is -2.31. The Balaban J connectivity index is 1.94.